The van der Waals surface area contributed by atoms with Crippen LogP contribution in [0.3, 0.4) is 0 Å². The lowest BCUT2D eigenvalue weighted by Crippen LogP contribution is -2.36. The first kappa shape index (κ1) is 17.2. The average molecular weight is 348 g/mol. The van der Waals surface area contributed by atoms with Crippen LogP contribution in [0, 0.1) is 5.41 Å². The van der Waals surface area contributed by atoms with E-state index in [1.165, 1.54) is 0 Å². The SMILES string of the molecule is CCOC(=N)CC1N(C)C=CN1C.Cl.I. The Morgan fingerprint density at radius 1 is 1.33 bits per heavy atom. The molecule has 0 aromatic carbocycles. The van der Waals surface area contributed by atoms with Gasteiger partial charge in [-0.3, -0.25) is 5.41 Å². The summed E-state index contributed by atoms with van der Waals surface area (Å²) >= 11 is 0. The van der Waals surface area contributed by atoms with E-state index in [1.54, 1.807) is 0 Å². The third-order valence-electron chi connectivity index (χ3n) is 2.16. The van der Waals surface area contributed by atoms with Crippen molar-refractivity contribution in [2.24, 2.45) is 0 Å². The first-order valence-corrected chi connectivity index (χ1v) is 4.47. The standard InChI is InChI=1S/C9H17N3O.ClH.HI/c1-4-13-8(10)7-9-11(2)5-6-12(9)3;;/h5-6,9-10H,4,7H2,1-3H3;2*1H. The van der Waals surface area contributed by atoms with Gasteiger partial charge in [0.05, 0.1) is 13.0 Å². The molecule has 0 spiro atoms. The minimum atomic E-state index is 0. The Bertz CT molecular complexity index is 213. The summed E-state index contributed by atoms with van der Waals surface area (Å²) in [6, 6.07) is 0. The summed E-state index contributed by atoms with van der Waals surface area (Å²) in [5.41, 5.74) is 0. The summed E-state index contributed by atoms with van der Waals surface area (Å²) in [7, 11) is 4.01. The lowest BCUT2D eigenvalue weighted by atomic mass is 10.3. The van der Waals surface area contributed by atoms with Crippen LogP contribution in [0.5, 0.6) is 0 Å². The van der Waals surface area contributed by atoms with Crippen LogP contribution in [-0.4, -0.2) is 42.6 Å². The zero-order valence-electron chi connectivity index (χ0n) is 9.27. The first-order valence-electron chi connectivity index (χ1n) is 4.47. The molecule has 1 heterocycles. The van der Waals surface area contributed by atoms with Gasteiger partial charge in [-0.05, 0) is 6.92 Å². The van der Waals surface area contributed by atoms with Crippen LogP contribution >= 0.6 is 36.4 Å². The van der Waals surface area contributed by atoms with Crippen LogP contribution in [-0.2, 0) is 4.74 Å². The number of nitrogens with one attached hydrogen (secondary N) is 1. The molecule has 1 aliphatic rings. The zero-order chi connectivity index (χ0) is 9.84. The van der Waals surface area contributed by atoms with Gasteiger partial charge in [-0.2, -0.15) is 0 Å². The Hall–Kier alpha value is -0.170. The Balaban J connectivity index is 0. The number of hydrogen-bond donors (Lipinski definition) is 1. The lowest BCUT2D eigenvalue weighted by molar-refractivity contribution is 0.196. The van der Waals surface area contributed by atoms with E-state index in [9.17, 15) is 0 Å². The number of halogens is 2. The second-order valence-electron chi connectivity index (χ2n) is 3.17. The van der Waals surface area contributed by atoms with Crippen molar-refractivity contribution < 1.29 is 4.74 Å². The molecular weight excluding hydrogens is 328 g/mol. The van der Waals surface area contributed by atoms with Crippen molar-refractivity contribution in [1.29, 1.82) is 5.41 Å². The molecule has 0 saturated heterocycles. The topological polar surface area (TPSA) is 39.6 Å². The van der Waals surface area contributed by atoms with Crippen molar-refractivity contribution in [3.8, 4) is 0 Å². The molecule has 0 unspecified atom stereocenters. The molecule has 1 rings (SSSR count). The Morgan fingerprint density at radius 2 is 1.80 bits per heavy atom. The van der Waals surface area contributed by atoms with Gasteiger partial charge in [0.15, 0.2) is 5.90 Å². The van der Waals surface area contributed by atoms with E-state index in [0.29, 0.717) is 18.9 Å². The highest BCUT2D eigenvalue weighted by Crippen LogP contribution is 2.14. The fraction of sp³-hybridized carbons (Fsp3) is 0.667. The highest BCUT2D eigenvalue weighted by Gasteiger charge is 2.22. The molecular formula is C9H19ClIN3O. The number of ether oxygens (including phenoxy) is 1. The van der Waals surface area contributed by atoms with Crippen molar-refractivity contribution in [1.82, 2.24) is 9.80 Å². The molecule has 90 valence electrons. The van der Waals surface area contributed by atoms with Gasteiger partial charge < -0.3 is 14.5 Å². The van der Waals surface area contributed by atoms with Gasteiger partial charge in [0.25, 0.3) is 0 Å². The molecule has 1 N–H and O–H groups in total. The van der Waals surface area contributed by atoms with E-state index < -0.39 is 0 Å². The molecule has 0 radical (unpaired) electrons. The van der Waals surface area contributed by atoms with Crippen LogP contribution in [0.15, 0.2) is 12.4 Å². The zero-order valence-corrected chi connectivity index (χ0v) is 12.4. The fourth-order valence-corrected chi connectivity index (χ4v) is 1.38. The Kier molecular flexibility index (Phi) is 9.23. The van der Waals surface area contributed by atoms with Crippen molar-refractivity contribution in [2.45, 2.75) is 19.5 Å². The third kappa shape index (κ3) is 4.92. The van der Waals surface area contributed by atoms with E-state index in [4.69, 9.17) is 10.1 Å². The lowest BCUT2D eigenvalue weighted by Gasteiger charge is -2.27. The quantitative estimate of drug-likeness (QED) is 0.483. The maximum atomic E-state index is 7.53. The fourth-order valence-electron chi connectivity index (χ4n) is 1.38. The number of hydrogen-bond acceptors (Lipinski definition) is 4. The van der Waals surface area contributed by atoms with Gasteiger partial charge >= 0.3 is 0 Å². The molecule has 0 aromatic rings. The molecule has 0 atom stereocenters. The molecule has 0 fully saturated rings. The van der Waals surface area contributed by atoms with E-state index in [1.807, 2.05) is 33.4 Å². The van der Waals surface area contributed by atoms with Gasteiger partial charge in [0.1, 0.15) is 6.17 Å². The Morgan fingerprint density at radius 3 is 2.20 bits per heavy atom. The summed E-state index contributed by atoms with van der Waals surface area (Å²) in [6.07, 6.45) is 4.88. The maximum Gasteiger partial charge on any atom is 0.184 e. The van der Waals surface area contributed by atoms with Crippen LogP contribution < -0.4 is 0 Å². The maximum absolute atomic E-state index is 7.53. The predicted octanol–water partition coefficient (Wildman–Crippen LogP) is 2.10. The van der Waals surface area contributed by atoms with Gasteiger partial charge in [-0.1, -0.05) is 0 Å². The molecule has 0 amide bonds. The van der Waals surface area contributed by atoms with E-state index in [0.717, 1.165) is 0 Å². The second kappa shape index (κ2) is 8.04. The van der Waals surface area contributed by atoms with Gasteiger partial charge in [-0.25, -0.2) is 0 Å². The van der Waals surface area contributed by atoms with Crippen LogP contribution in [0.4, 0.5) is 0 Å². The molecule has 15 heavy (non-hydrogen) atoms. The first-order chi connectivity index (χ1) is 6.15. The minimum Gasteiger partial charge on any atom is -0.481 e. The molecule has 0 aliphatic carbocycles. The average Bonchev–Trinajstić information content (AvgIpc) is 2.36. The summed E-state index contributed by atoms with van der Waals surface area (Å²) < 4.78 is 5.10. The predicted molar refractivity (Wildman–Crippen MR) is 75.1 cm³/mol. The molecule has 0 saturated carbocycles. The summed E-state index contributed by atoms with van der Waals surface area (Å²) in [5, 5.41) is 7.53. The normalized spacial score (nSPS) is 14.6. The molecule has 6 heteroatoms. The smallest absolute Gasteiger partial charge is 0.184 e. The monoisotopic (exact) mass is 347 g/mol. The van der Waals surface area contributed by atoms with Crippen LogP contribution in [0.2, 0.25) is 0 Å². The van der Waals surface area contributed by atoms with E-state index >= 15 is 0 Å². The van der Waals surface area contributed by atoms with E-state index in [2.05, 4.69) is 9.80 Å². The number of rotatable bonds is 3. The molecule has 0 bridgehead atoms. The van der Waals surface area contributed by atoms with Crippen LogP contribution in [0.25, 0.3) is 0 Å². The minimum absolute atomic E-state index is 0. The Labute approximate surface area is 115 Å². The van der Waals surface area contributed by atoms with Crippen molar-refractivity contribution in [3.05, 3.63) is 12.4 Å². The molecule has 4 nitrogen and oxygen atoms in total. The van der Waals surface area contributed by atoms with Gasteiger partial charge in [0, 0.05) is 26.5 Å². The molecule has 1 aliphatic heterocycles. The van der Waals surface area contributed by atoms with Crippen molar-refractivity contribution >= 4 is 42.3 Å². The third-order valence-corrected chi connectivity index (χ3v) is 2.16. The highest BCUT2D eigenvalue weighted by molar-refractivity contribution is 14.0. The number of nitrogens with zero attached hydrogens (tertiary/aromatic N) is 2. The summed E-state index contributed by atoms with van der Waals surface area (Å²) in [4.78, 5) is 4.15. The summed E-state index contributed by atoms with van der Waals surface area (Å²) in [6.45, 7) is 2.47. The van der Waals surface area contributed by atoms with Gasteiger partial charge in [0.2, 0.25) is 0 Å². The van der Waals surface area contributed by atoms with Crippen LogP contribution in [0.1, 0.15) is 13.3 Å². The van der Waals surface area contributed by atoms with Crippen molar-refractivity contribution in [3.63, 3.8) is 0 Å². The van der Waals surface area contributed by atoms with Crippen molar-refractivity contribution in [2.75, 3.05) is 20.7 Å². The molecule has 0 aromatic heterocycles. The summed E-state index contributed by atoms with van der Waals surface area (Å²) in [5.74, 6) is 0.356. The second-order valence-corrected chi connectivity index (χ2v) is 3.17. The highest BCUT2D eigenvalue weighted by atomic mass is 127. The van der Waals surface area contributed by atoms with E-state index in [-0.39, 0.29) is 42.5 Å². The van der Waals surface area contributed by atoms with Gasteiger partial charge in [-0.15, -0.1) is 36.4 Å². The largest absolute Gasteiger partial charge is 0.481 e.